The van der Waals surface area contributed by atoms with Gasteiger partial charge in [-0.05, 0) is 42.8 Å². The van der Waals surface area contributed by atoms with Crippen molar-refractivity contribution in [2.75, 3.05) is 18.4 Å². The summed E-state index contributed by atoms with van der Waals surface area (Å²) in [6.07, 6.45) is 1.03. The van der Waals surface area contributed by atoms with Crippen LogP contribution in [0.2, 0.25) is 5.02 Å². The molecule has 2 aromatic carbocycles. The number of carbonyl (C=O) groups excluding carboxylic acids is 1. The Morgan fingerprint density at radius 1 is 1.04 bits per heavy atom. The zero-order valence-electron chi connectivity index (χ0n) is 12.4. The highest BCUT2D eigenvalue weighted by Gasteiger charge is 2.07. The second kappa shape index (κ2) is 8.60. The van der Waals surface area contributed by atoms with Crippen LogP contribution in [0.5, 0.6) is 0 Å². The SMILES string of the molecule is O=C(CCNCCc1ccc(Cl)cc1)Nc1ccc(F)cc1F. The predicted octanol–water partition coefficient (Wildman–Crippen LogP) is 3.78. The molecule has 0 spiro atoms. The topological polar surface area (TPSA) is 41.1 Å². The Labute approximate surface area is 138 Å². The third-order valence-corrected chi connectivity index (χ3v) is 3.49. The quantitative estimate of drug-likeness (QED) is 0.754. The molecule has 0 fully saturated rings. The van der Waals surface area contributed by atoms with Gasteiger partial charge in [0.2, 0.25) is 5.91 Å². The monoisotopic (exact) mass is 338 g/mol. The zero-order valence-corrected chi connectivity index (χ0v) is 13.2. The Balaban J connectivity index is 1.65. The zero-order chi connectivity index (χ0) is 16.7. The van der Waals surface area contributed by atoms with Gasteiger partial charge in [-0.25, -0.2) is 8.78 Å². The Hall–Kier alpha value is -1.98. The third-order valence-electron chi connectivity index (χ3n) is 3.24. The van der Waals surface area contributed by atoms with E-state index in [9.17, 15) is 13.6 Å². The standard InChI is InChI=1S/C17H17ClF2N2O/c18-13-3-1-12(2-4-13)7-9-21-10-8-17(23)22-16-6-5-14(19)11-15(16)20/h1-6,11,21H,7-10H2,(H,22,23). The van der Waals surface area contributed by atoms with Crippen LogP contribution in [-0.4, -0.2) is 19.0 Å². The van der Waals surface area contributed by atoms with Gasteiger partial charge in [0.25, 0.3) is 0 Å². The maximum absolute atomic E-state index is 13.4. The second-order valence-electron chi connectivity index (χ2n) is 5.05. The molecule has 0 aliphatic heterocycles. The predicted molar refractivity (Wildman–Crippen MR) is 87.6 cm³/mol. The molecule has 23 heavy (non-hydrogen) atoms. The highest BCUT2D eigenvalue weighted by Crippen LogP contribution is 2.15. The Kier molecular flexibility index (Phi) is 6.50. The van der Waals surface area contributed by atoms with Gasteiger partial charge >= 0.3 is 0 Å². The van der Waals surface area contributed by atoms with Crippen molar-refractivity contribution in [2.45, 2.75) is 12.8 Å². The summed E-state index contributed by atoms with van der Waals surface area (Å²) in [4.78, 5) is 11.7. The number of carbonyl (C=O) groups is 1. The van der Waals surface area contributed by atoms with Crippen molar-refractivity contribution in [2.24, 2.45) is 0 Å². The first-order valence-electron chi connectivity index (χ1n) is 7.24. The summed E-state index contributed by atoms with van der Waals surface area (Å²) in [5.41, 5.74) is 1.14. The van der Waals surface area contributed by atoms with Gasteiger partial charge in [-0.2, -0.15) is 0 Å². The number of nitrogens with one attached hydrogen (secondary N) is 2. The fourth-order valence-corrected chi connectivity index (χ4v) is 2.14. The molecule has 6 heteroatoms. The fourth-order valence-electron chi connectivity index (χ4n) is 2.01. The van der Waals surface area contributed by atoms with E-state index in [0.717, 1.165) is 30.7 Å². The van der Waals surface area contributed by atoms with Gasteiger partial charge in [0.05, 0.1) is 5.69 Å². The maximum atomic E-state index is 13.4. The van der Waals surface area contributed by atoms with E-state index < -0.39 is 11.6 Å². The molecule has 0 heterocycles. The number of hydrogen-bond donors (Lipinski definition) is 2. The number of amides is 1. The van der Waals surface area contributed by atoms with Gasteiger partial charge in [-0.3, -0.25) is 4.79 Å². The largest absolute Gasteiger partial charge is 0.324 e. The number of benzene rings is 2. The molecule has 1 amide bonds. The van der Waals surface area contributed by atoms with Crippen LogP contribution in [-0.2, 0) is 11.2 Å². The second-order valence-corrected chi connectivity index (χ2v) is 5.49. The first-order valence-corrected chi connectivity index (χ1v) is 7.62. The summed E-state index contributed by atoms with van der Waals surface area (Å²) in [5, 5.41) is 6.26. The minimum atomic E-state index is -0.783. The maximum Gasteiger partial charge on any atom is 0.225 e. The number of anilines is 1. The summed E-state index contributed by atoms with van der Waals surface area (Å²) in [7, 11) is 0. The molecule has 2 N–H and O–H groups in total. The molecule has 0 unspecified atom stereocenters. The molecular formula is C17H17ClF2N2O. The smallest absolute Gasteiger partial charge is 0.225 e. The van der Waals surface area contributed by atoms with Gasteiger partial charge in [0, 0.05) is 24.1 Å². The normalized spacial score (nSPS) is 10.6. The highest BCUT2D eigenvalue weighted by atomic mass is 35.5. The van der Waals surface area contributed by atoms with Crippen molar-refractivity contribution in [3.63, 3.8) is 0 Å². The van der Waals surface area contributed by atoms with E-state index in [1.165, 1.54) is 6.07 Å². The van der Waals surface area contributed by atoms with Gasteiger partial charge in [0.1, 0.15) is 11.6 Å². The lowest BCUT2D eigenvalue weighted by atomic mass is 10.1. The van der Waals surface area contributed by atoms with Crippen LogP contribution >= 0.6 is 11.6 Å². The van der Waals surface area contributed by atoms with E-state index >= 15 is 0 Å². The lowest BCUT2D eigenvalue weighted by Gasteiger charge is -2.07. The number of halogens is 3. The Morgan fingerprint density at radius 2 is 1.78 bits per heavy atom. The van der Waals surface area contributed by atoms with Gasteiger partial charge in [-0.1, -0.05) is 23.7 Å². The molecule has 0 saturated carbocycles. The summed E-state index contributed by atoms with van der Waals surface area (Å²) < 4.78 is 26.2. The third kappa shape index (κ3) is 5.96. The molecule has 0 aliphatic carbocycles. The lowest BCUT2D eigenvalue weighted by Crippen LogP contribution is -2.23. The number of rotatable bonds is 7. The van der Waals surface area contributed by atoms with Crippen molar-refractivity contribution >= 4 is 23.2 Å². The van der Waals surface area contributed by atoms with Crippen molar-refractivity contribution < 1.29 is 13.6 Å². The molecule has 2 aromatic rings. The van der Waals surface area contributed by atoms with E-state index in [-0.39, 0.29) is 18.0 Å². The number of hydrogen-bond acceptors (Lipinski definition) is 2. The van der Waals surface area contributed by atoms with Crippen LogP contribution in [0.3, 0.4) is 0 Å². The molecule has 0 radical (unpaired) electrons. The van der Waals surface area contributed by atoms with Crippen LogP contribution in [0, 0.1) is 11.6 Å². The van der Waals surface area contributed by atoms with E-state index in [1.54, 1.807) is 0 Å². The van der Waals surface area contributed by atoms with Crippen molar-refractivity contribution in [3.05, 3.63) is 64.7 Å². The van der Waals surface area contributed by atoms with Gasteiger partial charge in [-0.15, -0.1) is 0 Å². The minimum Gasteiger partial charge on any atom is -0.324 e. The van der Waals surface area contributed by atoms with E-state index in [1.807, 2.05) is 24.3 Å². The molecule has 3 nitrogen and oxygen atoms in total. The molecule has 0 bridgehead atoms. The van der Waals surface area contributed by atoms with Crippen molar-refractivity contribution in [1.82, 2.24) is 5.32 Å². The average Bonchev–Trinajstić information content (AvgIpc) is 2.51. The molecular weight excluding hydrogens is 322 g/mol. The molecule has 0 saturated heterocycles. The van der Waals surface area contributed by atoms with Gasteiger partial charge in [0.15, 0.2) is 0 Å². The Morgan fingerprint density at radius 3 is 2.48 bits per heavy atom. The molecule has 122 valence electrons. The molecule has 0 aromatic heterocycles. The van der Waals surface area contributed by atoms with Crippen molar-refractivity contribution in [3.8, 4) is 0 Å². The highest BCUT2D eigenvalue weighted by molar-refractivity contribution is 6.30. The molecule has 2 rings (SSSR count). The minimum absolute atomic E-state index is 0.0161. The average molecular weight is 339 g/mol. The molecule has 0 atom stereocenters. The fraction of sp³-hybridized carbons (Fsp3) is 0.235. The first-order chi connectivity index (χ1) is 11.0. The first kappa shape index (κ1) is 17.4. The van der Waals surface area contributed by atoms with Crippen LogP contribution in [0.1, 0.15) is 12.0 Å². The van der Waals surface area contributed by atoms with Gasteiger partial charge < -0.3 is 10.6 Å². The summed E-state index contributed by atoms with van der Waals surface area (Å²) in [5.74, 6) is -1.78. The van der Waals surface area contributed by atoms with E-state index in [2.05, 4.69) is 10.6 Å². The summed E-state index contributed by atoms with van der Waals surface area (Å²) in [6.45, 7) is 1.20. The van der Waals surface area contributed by atoms with Crippen molar-refractivity contribution in [1.29, 1.82) is 0 Å². The summed E-state index contributed by atoms with van der Waals surface area (Å²) >= 11 is 5.81. The molecule has 0 aliphatic rings. The summed E-state index contributed by atoms with van der Waals surface area (Å²) in [6, 6.07) is 10.6. The van der Waals surface area contributed by atoms with Crippen LogP contribution in [0.25, 0.3) is 0 Å². The van der Waals surface area contributed by atoms with E-state index in [4.69, 9.17) is 11.6 Å². The van der Waals surface area contributed by atoms with Crippen LogP contribution in [0.15, 0.2) is 42.5 Å². The Bertz CT molecular complexity index is 662. The van der Waals surface area contributed by atoms with E-state index in [0.29, 0.717) is 11.6 Å². The van der Waals surface area contributed by atoms with Crippen LogP contribution < -0.4 is 10.6 Å². The van der Waals surface area contributed by atoms with Crippen LogP contribution in [0.4, 0.5) is 14.5 Å². The lowest BCUT2D eigenvalue weighted by molar-refractivity contribution is -0.116.